The molecule has 2 saturated heterocycles. The van der Waals surface area contributed by atoms with Crippen LogP contribution in [0.5, 0.6) is 0 Å². The van der Waals surface area contributed by atoms with Crippen LogP contribution in [0.25, 0.3) is 0 Å². The highest BCUT2D eigenvalue weighted by atomic mass is 32.2. The molecular formula is C20H24N2O4S. The molecule has 0 saturated carbocycles. The van der Waals surface area contributed by atoms with Crippen molar-refractivity contribution in [3.8, 4) is 0 Å². The summed E-state index contributed by atoms with van der Waals surface area (Å²) >= 11 is 1.61. The fraction of sp³-hybridized carbons (Fsp3) is 0.550. The molecule has 0 unspecified atom stereocenters. The van der Waals surface area contributed by atoms with Crippen LogP contribution in [0.3, 0.4) is 0 Å². The lowest BCUT2D eigenvalue weighted by Gasteiger charge is -2.29. The third kappa shape index (κ3) is 3.45. The van der Waals surface area contributed by atoms with Gasteiger partial charge in [0.25, 0.3) is 5.91 Å². The van der Waals surface area contributed by atoms with Gasteiger partial charge in [0.1, 0.15) is 6.04 Å². The molecule has 1 aromatic carbocycles. The summed E-state index contributed by atoms with van der Waals surface area (Å²) in [7, 11) is 0. The topological polar surface area (TPSA) is 75.7 Å². The van der Waals surface area contributed by atoms with Gasteiger partial charge in [0.15, 0.2) is 6.61 Å². The van der Waals surface area contributed by atoms with Crippen LogP contribution in [0, 0.1) is 0 Å². The van der Waals surface area contributed by atoms with Crippen molar-refractivity contribution in [2.24, 2.45) is 0 Å². The van der Waals surface area contributed by atoms with Gasteiger partial charge < -0.3 is 15.0 Å². The number of amides is 2. The minimum Gasteiger partial charge on any atom is -0.454 e. The van der Waals surface area contributed by atoms with Gasteiger partial charge in [-0.15, -0.1) is 11.8 Å². The van der Waals surface area contributed by atoms with E-state index in [2.05, 4.69) is 11.4 Å². The molecule has 3 atom stereocenters. The van der Waals surface area contributed by atoms with Gasteiger partial charge in [-0.2, -0.15) is 0 Å². The first kappa shape index (κ1) is 18.3. The van der Waals surface area contributed by atoms with Crippen molar-refractivity contribution in [1.29, 1.82) is 0 Å². The van der Waals surface area contributed by atoms with E-state index in [0.29, 0.717) is 12.2 Å². The number of hydrogen-bond donors (Lipinski definition) is 1. The molecule has 2 amide bonds. The molecule has 2 heterocycles. The third-order valence-electron chi connectivity index (χ3n) is 5.77. The van der Waals surface area contributed by atoms with Gasteiger partial charge in [-0.1, -0.05) is 24.3 Å². The Kier molecular flexibility index (Phi) is 4.88. The van der Waals surface area contributed by atoms with Gasteiger partial charge >= 0.3 is 5.97 Å². The highest BCUT2D eigenvalue weighted by Gasteiger charge is 2.53. The molecule has 6 nitrogen and oxygen atoms in total. The summed E-state index contributed by atoms with van der Waals surface area (Å²) < 4.78 is 5.26. The second kappa shape index (κ2) is 7.19. The monoisotopic (exact) mass is 388 g/mol. The van der Waals surface area contributed by atoms with Crippen LogP contribution in [0.2, 0.25) is 0 Å². The van der Waals surface area contributed by atoms with E-state index in [1.54, 1.807) is 16.7 Å². The van der Waals surface area contributed by atoms with Crippen molar-refractivity contribution in [2.45, 2.75) is 56.0 Å². The molecule has 7 heteroatoms. The highest BCUT2D eigenvalue weighted by Crippen LogP contribution is 2.47. The van der Waals surface area contributed by atoms with E-state index < -0.39 is 12.0 Å². The molecule has 1 aromatic rings. The Labute approximate surface area is 163 Å². The van der Waals surface area contributed by atoms with E-state index in [9.17, 15) is 14.4 Å². The third-order valence-corrected chi connectivity index (χ3v) is 7.27. The molecule has 4 rings (SSSR count). The van der Waals surface area contributed by atoms with E-state index >= 15 is 0 Å². The van der Waals surface area contributed by atoms with Crippen LogP contribution in [0.4, 0.5) is 0 Å². The van der Waals surface area contributed by atoms with Gasteiger partial charge in [0.2, 0.25) is 5.91 Å². The second-order valence-electron chi connectivity index (χ2n) is 7.58. The van der Waals surface area contributed by atoms with Crippen LogP contribution < -0.4 is 5.32 Å². The lowest BCUT2D eigenvalue weighted by Crippen LogP contribution is -2.47. The Hall–Kier alpha value is -2.02. The molecular weight excluding hydrogens is 364 g/mol. The number of ether oxygens (including phenoxy) is 1. The predicted octanol–water partition coefficient (Wildman–Crippen LogP) is 2.18. The minimum absolute atomic E-state index is 0.00675. The van der Waals surface area contributed by atoms with Crippen LogP contribution in [0.15, 0.2) is 24.3 Å². The van der Waals surface area contributed by atoms with Crippen molar-refractivity contribution >= 4 is 29.5 Å². The number of aryl methyl sites for hydroxylation is 1. The molecule has 0 spiro atoms. The fourth-order valence-corrected chi connectivity index (χ4v) is 5.78. The molecule has 2 aliphatic heterocycles. The van der Waals surface area contributed by atoms with Gasteiger partial charge in [-0.25, -0.2) is 4.79 Å². The number of carbonyl (C=O) groups excluding carboxylic acids is 3. The second-order valence-corrected chi connectivity index (χ2v) is 9.09. The van der Waals surface area contributed by atoms with E-state index in [1.165, 1.54) is 5.56 Å². The highest BCUT2D eigenvalue weighted by molar-refractivity contribution is 8.01. The normalized spacial score (nSPS) is 29.2. The summed E-state index contributed by atoms with van der Waals surface area (Å²) in [5.41, 5.74) is 2.41. The standard InChI is InChI=1S/C20H24N2O4S/c1-20-10-9-18(24)22(20)16(12-27-20)19(25)26-11-17(23)21-15-8-4-6-13-5-2-3-7-14(13)15/h2-3,5,7,15-16H,4,6,8-12H2,1H3,(H,21,23)/t15-,16-,20+/m1/s1. The number of nitrogens with one attached hydrogen (secondary N) is 1. The number of fused-ring (bicyclic) bond motifs is 2. The summed E-state index contributed by atoms with van der Waals surface area (Å²) in [5, 5.41) is 2.98. The van der Waals surface area contributed by atoms with Crippen molar-refractivity contribution < 1.29 is 19.1 Å². The molecule has 2 fully saturated rings. The number of esters is 1. The van der Waals surface area contributed by atoms with Gasteiger partial charge in [-0.05, 0) is 43.7 Å². The summed E-state index contributed by atoms with van der Waals surface area (Å²) in [6.07, 6.45) is 4.16. The van der Waals surface area contributed by atoms with Crippen LogP contribution in [0.1, 0.15) is 49.8 Å². The number of thioether (sulfide) groups is 1. The first-order valence-corrected chi connectivity index (χ1v) is 10.5. The lowest BCUT2D eigenvalue weighted by atomic mass is 9.88. The number of rotatable bonds is 4. The van der Waals surface area contributed by atoms with Gasteiger partial charge in [-0.3, -0.25) is 9.59 Å². The Morgan fingerprint density at radius 1 is 1.33 bits per heavy atom. The maximum absolute atomic E-state index is 12.5. The summed E-state index contributed by atoms with van der Waals surface area (Å²) in [6.45, 7) is 1.68. The molecule has 0 radical (unpaired) electrons. The SMILES string of the molecule is C[C@]12CCC(=O)N1[C@@H](C(=O)OCC(=O)N[C@@H]1CCCc3ccccc31)CS2. The summed E-state index contributed by atoms with van der Waals surface area (Å²) in [4.78, 5) is 38.2. The number of carbonyl (C=O) groups is 3. The van der Waals surface area contributed by atoms with Crippen molar-refractivity contribution in [1.82, 2.24) is 10.2 Å². The zero-order chi connectivity index (χ0) is 19.0. The molecule has 0 aromatic heterocycles. The quantitative estimate of drug-likeness (QED) is 0.800. The van der Waals surface area contributed by atoms with E-state index in [-0.39, 0.29) is 29.3 Å². The van der Waals surface area contributed by atoms with Gasteiger partial charge in [0.05, 0.1) is 10.9 Å². The Morgan fingerprint density at radius 2 is 2.15 bits per heavy atom. The number of nitrogens with zero attached hydrogens (tertiary/aromatic N) is 1. The number of benzene rings is 1. The first-order chi connectivity index (χ1) is 13.0. The molecule has 1 aliphatic carbocycles. The summed E-state index contributed by atoms with van der Waals surface area (Å²) in [6, 6.07) is 7.50. The predicted molar refractivity (Wildman–Crippen MR) is 102 cm³/mol. The molecule has 27 heavy (non-hydrogen) atoms. The van der Waals surface area contributed by atoms with Crippen LogP contribution in [-0.4, -0.2) is 46.0 Å². The van der Waals surface area contributed by atoms with Crippen molar-refractivity contribution in [2.75, 3.05) is 12.4 Å². The van der Waals surface area contributed by atoms with E-state index in [0.717, 1.165) is 31.2 Å². The smallest absolute Gasteiger partial charge is 0.330 e. The zero-order valence-electron chi connectivity index (χ0n) is 15.4. The maximum Gasteiger partial charge on any atom is 0.330 e. The molecule has 1 N–H and O–H groups in total. The average Bonchev–Trinajstić information content (AvgIpc) is 3.16. The van der Waals surface area contributed by atoms with Crippen molar-refractivity contribution in [3.63, 3.8) is 0 Å². The van der Waals surface area contributed by atoms with Gasteiger partial charge in [0, 0.05) is 12.2 Å². The summed E-state index contributed by atoms with van der Waals surface area (Å²) in [5.74, 6) is -0.266. The van der Waals surface area contributed by atoms with E-state index in [4.69, 9.17) is 4.74 Å². The first-order valence-electron chi connectivity index (χ1n) is 9.48. The minimum atomic E-state index is -0.585. The molecule has 144 valence electrons. The van der Waals surface area contributed by atoms with Crippen LogP contribution in [-0.2, 0) is 25.5 Å². The number of hydrogen-bond acceptors (Lipinski definition) is 5. The zero-order valence-corrected chi connectivity index (χ0v) is 16.2. The Morgan fingerprint density at radius 3 is 3.00 bits per heavy atom. The Balaban J connectivity index is 1.33. The average molecular weight is 388 g/mol. The molecule has 3 aliphatic rings. The van der Waals surface area contributed by atoms with E-state index in [1.807, 2.05) is 25.1 Å². The fourth-order valence-electron chi connectivity index (χ4n) is 4.37. The van der Waals surface area contributed by atoms with Crippen molar-refractivity contribution in [3.05, 3.63) is 35.4 Å². The maximum atomic E-state index is 12.5. The largest absolute Gasteiger partial charge is 0.454 e. The van der Waals surface area contributed by atoms with Crippen LogP contribution >= 0.6 is 11.8 Å². The molecule has 0 bridgehead atoms. The lowest BCUT2D eigenvalue weighted by molar-refractivity contribution is -0.156. The Bertz CT molecular complexity index is 783.